The normalized spacial score (nSPS) is 14.1. The van der Waals surface area contributed by atoms with E-state index in [1.54, 1.807) is 31.1 Å². The Morgan fingerprint density at radius 2 is 1.61 bits per heavy atom. The number of carbonyl (C=O) groups is 2. The molecule has 0 radical (unpaired) electrons. The third-order valence-electron chi connectivity index (χ3n) is 5.82. The van der Waals surface area contributed by atoms with E-state index < -0.39 is 0 Å². The maximum atomic E-state index is 13.4. The summed E-state index contributed by atoms with van der Waals surface area (Å²) in [7, 11) is 1.59. The molecule has 0 saturated carbocycles. The number of ether oxygens (including phenoxy) is 1. The second-order valence-electron chi connectivity index (χ2n) is 7.96. The lowest BCUT2D eigenvalue weighted by molar-refractivity contribution is -0.132. The van der Waals surface area contributed by atoms with Gasteiger partial charge in [0.15, 0.2) is 5.82 Å². The van der Waals surface area contributed by atoms with Crippen LogP contribution < -0.4 is 10.1 Å². The number of hydrogen-bond donors (Lipinski definition) is 1. The highest BCUT2D eigenvalue weighted by Gasteiger charge is 2.26. The summed E-state index contributed by atoms with van der Waals surface area (Å²) in [6.07, 6.45) is 2.73. The van der Waals surface area contributed by atoms with Crippen LogP contribution in [0.15, 0.2) is 54.7 Å². The second kappa shape index (κ2) is 9.77. The van der Waals surface area contributed by atoms with Crippen molar-refractivity contribution < 1.29 is 18.7 Å². The van der Waals surface area contributed by atoms with Gasteiger partial charge in [-0.2, -0.15) is 0 Å². The van der Waals surface area contributed by atoms with Crippen LogP contribution in [-0.2, 0) is 9.59 Å². The van der Waals surface area contributed by atoms with Gasteiger partial charge in [0.1, 0.15) is 11.6 Å². The van der Waals surface area contributed by atoms with E-state index in [0.717, 1.165) is 5.56 Å². The van der Waals surface area contributed by atoms with Crippen molar-refractivity contribution in [2.24, 2.45) is 5.92 Å². The number of anilines is 1. The fourth-order valence-corrected chi connectivity index (χ4v) is 3.90. The summed E-state index contributed by atoms with van der Waals surface area (Å²) in [5.74, 6) is 0.408. The molecule has 170 valence electrons. The van der Waals surface area contributed by atoms with Gasteiger partial charge in [-0.1, -0.05) is 0 Å². The van der Waals surface area contributed by atoms with Gasteiger partial charge in [-0.05, 0) is 61.4 Å². The number of halogens is 1. The van der Waals surface area contributed by atoms with Crippen LogP contribution in [0.2, 0.25) is 0 Å². The van der Waals surface area contributed by atoms with Crippen molar-refractivity contribution in [1.29, 1.82) is 0 Å². The Labute approximate surface area is 191 Å². The molecule has 0 atom stereocenters. The van der Waals surface area contributed by atoms with Crippen molar-refractivity contribution in [3.8, 4) is 28.3 Å². The number of aromatic nitrogens is 2. The summed E-state index contributed by atoms with van der Waals surface area (Å²) >= 11 is 0. The molecule has 1 aliphatic heterocycles. The van der Waals surface area contributed by atoms with Crippen LogP contribution in [0.4, 0.5) is 10.2 Å². The zero-order chi connectivity index (χ0) is 23.4. The lowest BCUT2D eigenvalue weighted by Crippen LogP contribution is -2.40. The second-order valence-corrected chi connectivity index (χ2v) is 7.96. The quantitative estimate of drug-likeness (QED) is 0.634. The van der Waals surface area contributed by atoms with E-state index in [9.17, 15) is 14.0 Å². The van der Waals surface area contributed by atoms with E-state index in [4.69, 9.17) is 4.74 Å². The summed E-state index contributed by atoms with van der Waals surface area (Å²) in [6.45, 7) is 2.68. The number of amides is 2. The topological polar surface area (TPSA) is 84.4 Å². The van der Waals surface area contributed by atoms with E-state index in [2.05, 4.69) is 15.3 Å². The van der Waals surface area contributed by atoms with Crippen molar-refractivity contribution in [3.05, 3.63) is 60.5 Å². The molecule has 7 nitrogen and oxygen atoms in total. The Morgan fingerprint density at radius 3 is 2.21 bits per heavy atom. The van der Waals surface area contributed by atoms with Crippen molar-refractivity contribution in [3.63, 3.8) is 0 Å². The van der Waals surface area contributed by atoms with Crippen molar-refractivity contribution in [1.82, 2.24) is 14.9 Å². The van der Waals surface area contributed by atoms with Gasteiger partial charge in [-0.3, -0.25) is 14.6 Å². The smallest absolute Gasteiger partial charge is 0.228 e. The monoisotopic (exact) mass is 448 g/mol. The summed E-state index contributed by atoms with van der Waals surface area (Å²) in [5.41, 5.74) is 2.64. The number of benzene rings is 2. The molecular formula is C25H25FN4O3. The average Bonchev–Trinajstić information content (AvgIpc) is 2.84. The SMILES string of the molecule is COc1ccc(-c2nc(NC(=O)C3CCN(C(C)=O)CC3)cnc2-c2ccc(F)cc2)cc1. The molecule has 3 aromatic rings. The maximum absolute atomic E-state index is 13.4. The van der Waals surface area contributed by atoms with Gasteiger partial charge in [-0.25, -0.2) is 9.37 Å². The molecule has 1 aliphatic rings. The largest absolute Gasteiger partial charge is 0.497 e. The Balaban J connectivity index is 1.61. The molecule has 2 amide bonds. The summed E-state index contributed by atoms with van der Waals surface area (Å²) in [6, 6.07) is 13.4. The fourth-order valence-electron chi connectivity index (χ4n) is 3.90. The number of nitrogens with one attached hydrogen (secondary N) is 1. The molecule has 0 bridgehead atoms. The minimum Gasteiger partial charge on any atom is -0.497 e. The highest BCUT2D eigenvalue weighted by atomic mass is 19.1. The first-order valence-corrected chi connectivity index (χ1v) is 10.8. The van der Waals surface area contributed by atoms with Crippen LogP contribution in [0.3, 0.4) is 0 Å². The van der Waals surface area contributed by atoms with Crippen molar-refractivity contribution in [2.75, 3.05) is 25.5 Å². The highest BCUT2D eigenvalue weighted by Crippen LogP contribution is 2.31. The molecule has 1 fully saturated rings. The first-order valence-electron chi connectivity index (χ1n) is 10.8. The molecule has 33 heavy (non-hydrogen) atoms. The van der Waals surface area contributed by atoms with Gasteiger partial charge in [0.2, 0.25) is 11.8 Å². The Morgan fingerprint density at radius 1 is 1.00 bits per heavy atom. The first kappa shape index (κ1) is 22.4. The van der Waals surface area contributed by atoms with Crippen LogP contribution >= 0.6 is 0 Å². The highest BCUT2D eigenvalue weighted by molar-refractivity contribution is 5.92. The Kier molecular flexibility index (Phi) is 6.63. The summed E-state index contributed by atoms with van der Waals surface area (Å²) in [4.78, 5) is 35.3. The minimum atomic E-state index is -0.336. The van der Waals surface area contributed by atoms with E-state index >= 15 is 0 Å². The molecule has 8 heteroatoms. The molecule has 1 aromatic heterocycles. The van der Waals surface area contributed by atoms with E-state index in [1.165, 1.54) is 18.3 Å². The first-order chi connectivity index (χ1) is 15.9. The number of rotatable bonds is 5. The van der Waals surface area contributed by atoms with E-state index in [-0.39, 0.29) is 23.5 Å². The zero-order valence-corrected chi connectivity index (χ0v) is 18.5. The number of piperidine rings is 1. The molecular weight excluding hydrogens is 423 g/mol. The lowest BCUT2D eigenvalue weighted by Gasteiger charge is -2.30. The standard InChI is InChI=1S/C25H25FN4O3/c1-16(31)30-13-11-19(12-14-30)25(32)29-22-15-27-23(17-3-7-20(26)8-4-17)24(28-22)18-5-9-21(33-2)10-6-18/h3-10,15,19H,11-14H2,1-2H3,(H,28,29,32). The third-order valence-corrected chi connectivity index (χ3v) is 5.82. The minimum absolute atomic E-state index is 0.0280. The van der Waals surface area contributed by atoms with Crippen LogP contribution in [0.5, 0.6) is 5.75 Å². The number of nitrogens with zero attached hydrogens (tertiary/aromatic N) is 3. The number of methoxy groups -OCH3 is 1. The molecule has 1 N–H and O–H groups in total. The average molecular weight is 448 g/mol. The summed E-state index contributed by atoms with van der Waals surface area (Å²) in [5, 5.41) is 2.88. The van der Waals surface area contributed by atoms with Gasteiger partial charge < -0.3 is 15.0 Å². The molecule has 0 unspecified atom stereocenters. The van der Waals surface area contributed by atoms with Gasteiger partial charge in [0.25, 0.3) is 0 Å². The van der Waals surface area contributed by atoms with Crippen molar-refractivity contribution in [2.45, 2.75) is 19.8 Å². The zero-order valence-electron chi connectivity index (χ0n) is 18.5. The molecule has 1 saturated heterocycles. The number of likely N-dealkylation sites (tertiary alicyclic amines) is 1. The van der Waals surface area contributed by atoms with Crippen LogP contribution in [0.1, 0.15) is 19.8 Å². The Bertz CT molecular complexity index is 1140. The predicted octanol–water partition coefficient (Wildman–Crippen LogP) is 4.16. The predicted molar refractivity (Wildman–Crippen MR) is 123 cm³/mol. The molecule has 0 spiro atoms. The van der Waals surface area contributed by atoms with Crippen LogP contribution in [-0.4, -0.2) is 46.9 Å². The van der Waals surface area contributed by atoms with E-state index in [0.29, 0.717) is 54.4 Å². The number of hydrogen-bond acceptors (Lipinski definition) is 5. The summed E-state index contributed by atoms with van der Waals surface area (Å²) < 4.78 is 18.7. The van der Waals surface area contributed by atoms with Gasteiger partial charge in [-0.15, -0.1) is 0 Å². The van der Waals surface area contributed by atoms with Crippen molar-refractivity contribution >= 4 is 17.6 Å². The Hall–Kier alpha value is -3.81. The van der Waals surface area contributed by atoms with Gasteiger partial charge in [0.05, 0.1) is 24.7 Å². The van der Waals surface area contributed by atoms with Crippen LogP contribution in [0, 0.1) is 11.7 Å². The third kappa shape index (κ3) is 5.16. The number of carbonyl (C=O) groups excluding carboxylic acids is 2. The maximum Gasteiger partial charge on any atom is 0.228 e. The van der Waals surface area contributed by atoms with Crippen LogP contribution in [0.25, 0.3) is 22.5 Å². The van der Waals surface area contributed by atoms with Gasteiger partial charge in [0, 0.05) is 37.1 Å². The molecule has 2 heterocycles. The fraction of sp³-hybridized carbons (Fsp3) is 0.280. The van der Waals surface area contributed by atoms with E-state index in [1.807, 2.05) is 24.3 Å². The molecule has 4 rings (SSSR count). The van der Waals surface area contributed by atoms with Gasteiger partial charge >= 0.3 is 0 Å². The lowest BCUT2D eigenvalue weighted by atomic mass is 9.96. The molecule has 2 aromatic carbocycles. The molecule has 0 aliphatic carbocycles.